The second kappa shape index (κ2) is 7.58. The molecule has 1 aromatic rings. The highest BCUT2D eigenvalue weighted by Gasteiger charge is 2.33. The van der Waals surface area contributed by atoms with Crippen LogP contribution in [0.2, 0.25) is 0 Å². The van der Waals surface area contributed by atoms with E-state index in [-0.39, 0.29) is 0 Å². The summed E-state index contributed by atoms with van der Waals surface area (Å²) in [5.74, 6) is 0.677. The molecule has 3 unspecified atom stereocenters. The summed E-state index contributed by atoms with van der Waals surface area (Å²) in [7, 11) is 0. The number of nitrogens with two attached hydrogens (primary N) is 1. The lowest BCUT2D eigenvalue weighted by Crippen LogP contribution is -2.42. The zero-order valence-electron chi connectivity index (χ0n) is 12.7. The summed E-state index contributed by atoms with van der Waals surface area (Å²) in [5, 5.41) is 0. The number of nitrogens with zero attached hydrogens (tertiary/aromatic N) is 1. The van der Waals surface area contributed by atoms with Crippen LogP contribution in [0.5, 0.6) is 0 Å². The largest absolute Gasteiger partial charge is 0.330 e. The van der Waals surface area contributed by atoms with Crippen molar-refractivity contribution in [3.05, 3.63) is 34.3 Å². The lowest BCUT2D eigenvalue weighted by molar-refractivity contribution is 0.111. The Kier molecular flexibility index (Phi) is 6.06. The maximum absolute atomic E-state index is 5.99. The van der Waals surface area contributed by atoms with E-state index in [4.69, 9.17) is 5.73 Å². The molecule has 20 heavy (non-hydrogen) atoms. The first kappa shape index (κ1) is 16.0. The minimum atomic E-state index is 0.509. The molecule has 1 aliphatic carbocycles. The molecule has 2 N–H and O–H groups in total. The monoisotopic (exact) mass is 338 g/mol. The maximum Gasteiger partial charge on any atom is 0.0348 e. The fraction of sp³-hybridized carbons (Fsp3) is 0.647. The minimum Gasteiger partial charge on any atom is -0.330 e. The SMILES string of the molecule is CCC(c1cccc(Br)c1)N(CC)C1CCCC1CN. The summed E-state index contributed by atoms with van der Waals surface area (Å²) in [5.41, 5.74) is 7.41. The smallest absolute Gasteiger partial charge is 0.0348 e. The standard InChI is InChI=1S/C17H27BrN2/c1-3-16(13-7-5-9-15(18)11-13)20(4-2)17-10-6-8-14(17)12-19/h5,7,9,11,14,16-17H,3-4,6,8,10,12,19H2,1-2H3. The average molecular weight is 339 g/mol. The van der Waals surface area contributed by atoms with E-state index in [0.29, 0.717) is 18.0 Å². The number of hydrogen-bond donors (Lipinski definition) is 1. The molecule has 0 aromatic heterocycles. The lowest BCUT2D eigenvalue weighted by Gasteiger charge is -2.38. The van der Waals surface area contributed by atoms with Gasteiger partial charge in [0.25, 0.3) is 0 Å². The average Bonchev–Trinajstić information content (AvgIpc) is 2.92. The van der Waals surface area contributed by atoms with Crippen LogP contribution in [0.25, 0.3) is 0 Å². The van der Waals surface area contributed by atoms with E-state index in [2.05, 4.69) is 58.9 Å². The summed E-state index contributed by atoms with van der Waals surface area (Å²) in [6.07, 6.45) is 5.09. The molecule has 0 spiro atoms. The van der Waals surface area contributed by atoms with Crippen molar-refractivity contribution in [1.82, 2.24) is 4.90 Å². The zero-order chi connectivity index (χ0) is 14.5. The Bertz CT molecular complexity index is 421. The molecular formula is C17H27BrN2. The normalized spacial score (nSPS) is 24.2. The molecular weight excluding hydrogens is 312 g/mol. The molecule has 1 aromatic carbocycles. The summed E-state index contributed by atoms with van der Waals surface area (Å²) < 4.78 is 1.17. The Hall–Kier alpha value is -0.380. The van der Waals surface area contributed by atoms with E-state index < -0.39 is 0 Å². The van der Waals surface area contributed by atoms with Crippen molar-refractivity contribution in [2.24, 2.45) is 11.7 Å². The van der Waals surface area contributed by atoms with Gasteiger partial charge in [-0.1, -0.05) is 48.3 Å². The van der Waals surface area contributed by atoms with Crippen LogP contribution in [-0.2, 0) is 0 Å². The van der Waals surface area contributed by atoms with Crippen molar-refractivity contribution >= 4 is 15.9 Å². The second-order valence-electron chi connectivity index (χ2n) is 5.80. The Labute approximate surface area is 131 Å². The van der Waals surface area contributed by atoms with Gasteiger partial charge in [-0.05, 0) is 56.0 Å². The zero-order valence-corrected chi connectivity index (χ0v) is 14.3. The van der Waals surface area contributed by atoms with Gasteiger partial charge in [0.2, 0.25) is 0 Å². The first-order valence-electron chi connectivity index (χ1n) is 7.92. The van der Waals surface area contributed by atoms with E-state index in [1.165, 1.54) is 29.3 Å². The van der Waals surface area contributed by atoms with Crippen molar-refractivity contribution < 1.29 is 0 Å². The summed E-state index contributed by atoms with van der Waals surface area (Å²) >= 11 is 3.60. The van der Waals surface area contributed by atoms with Crippen LogP contribution in [0, 0.1) is 5.92 Å². The first-order valence-corrected chi connectivity index (χ1v) is 8.71. The molecule has 0 saturated heterocycles. The maximum atomic E-state index is 5.99. The molecule has 112 valence electrons. The number of hydrogen-bond acceptors (Lipinski definition) is 2. The van der Waals surface area contributed by atoms with E-state index in [0.717, 1.165) is 19.5 Å². The third kappa shape index (κ3) is 3.44. The van der Waals surface area contributed by atoms with Crippen molar-refractivity contribution in [2.75, 3.05) is 13.1 Å². The highest BCUT2D eigenvalue weighted by Crippen LogP contribution is 2.36. The highest BCUT2D eigenvalue weighted by molar-refractivity contribution is 9.10. The molecule has 0 heterocycles. The van der Waals surface area contributed by atoms with Crippen molar-refractivity contribution in [1.29, 1.82) is 0 Å². The highest BCUT2D eigenvalue weighted by atomic mass is 79.9. The Morgan fingerprint density at radius 1 is 1.35 bits per heavy atom. The molecule has 1 fully saturated rings. The molecule has 2 rings (SSSR count). The topological polar surface area (TPSA) is 29.3 Å². The van der Waals surface area contributed by atoms with Gasteiger partial charge in [-0.15, -0.1) is 0 Å². The quantitative estimate of drug-likeness (QED) is 0.835. The van der Waals surface area contributed by atoms with Gasteiger partial charge in [-0.25, -0.2) is 0 Å². The van der Waals surface area contributed by atoms with Gasteiger partial charge in [0.05, 0.1) is 0 Å². The van der Waals surface area contributed by atoms with Crippen LogP contribution in [-0.4, -0.2) is 24.0 Å². The lowest BCUT2D eigenvalue weighted by atomic mass is 9.96. The Balaban J connectivity index is 2.23. The predicted molar refractivity (Wildman–Crippen MR) is 89.7 cm³/mol. The predicted octanol–water partition coefficient (Wildman–Crippen LogP) is 4.35. The fourth-order valence-electron chi connectivity index (χ4n) is 3.79. The van der Waals surface area contributed by atoms with Crippen molar-refractivity contribution in [2.45, 2.75) is 51.6 Å². The molecule has 1 saturated carbocycles. The third-order valence-electron chi connectivity index (χ3n) is 4.73. The molecule has 0 aliphatic heterocycles. The van der Waals surface area contributed by atoms with Crippen LogP contribution in [0.15, 0.2) is 28.7 Å². The number of halogens is 1. The van der Waals surface area contributed by atoms with Crippen molar-refractivity contribution in [3.8, 4) is 0 Å². The van der Waals surface area contributed by atoms with E-state index in [1.54, 1.807) is 0 Å². The molecule has 0 bridgehead atoms. The number of rotatable bonds is 6. The fourth-order valence-corrected chi connectivity index (χ4v) is 4.21. The van der Waals surface area contributed by atoms with E-state index in [9.17, 15) is 0 Å². The summed E-state index contributed by atoms with van der Waals surface area (Å²) in [6, 6.07) is 9.94. The summed E-state index contributed by atoms with van der Waals surface area (Å²) in [6.45, 7) is 6.51. The van der Waals surface area contributed by atoms with Crippen LogP contribution >= 0.6 is 15.9 Å². The molecule has 0 radical (unpaired) electrons. The van der Waals surface area contributed by atoms with Gasteiger partial charge in [0.15, 0.2) is 0 Å². The van der Waals surface area contributed by atoms with Crippen molar-refractivity contribution in [3.63, 3.8) is 0 Å². The van der Waals surface area contributed by atoms with Crippen LogP contribution < -0.4 is 5.73 Å². The van der Waals surface area contributed by atoms with E-state index in [1.807, 2.05) is 0 Å². The molecule has 1 aliphatic rings. The van der Waals surface area contributed by atoms with Gasteiger partial charge in [0, 0.05) is 16.6 Å². The molecule has 3 atom stereocenters. The van der Waals surface area contributed by atoms with E-state index >= 15 is 0 Å². The molecule has 2 nitrogen and oxygen atoms in total. The Morgan fingerprint density at radius 2 is 2.15 bits per heavy atom. The van der Waals surface area contributed by atoms with Crippen LogP contribution in [0.4, 0.5) is 0 Å². The Morgan fingerprint density at radius 3 is 2.75 bits per heavy atom. The molecule has 3 heteroatoms. The van der Waals surface area contributed by atoms with Gasteiger partial charge in [-0.3, -0.25) is 4.90 Å². The van der Waals surface area contributed by atoms with Gasteiger partial charge in [0.1, 0.15) is 0 Å². The minimum absolute atomic E-state index is 0.509. The second-order valence-corrected chi connectivity index (χ2v) is 6.72. The third-order valence-corrected chi connectivity index (χ3v) is 5.23. The van der Waals surface area contributed by atoms with Crippen LogP contribution in [0.1, 0.15) is 51.1 Å². The van der Waals surface area contributed by atoms with Gasteiger partial charge < -0.3 is 5.73 Å². The molecule has 0 amide bonds. The van der Waals surface area contributed by atoms with Gasteiger partial charge in [-0.2, -0.15) is 0 Å². The van der Waals surface area contributed by atoms with Crippen LogP contribution in [0.3, 0.4) is 0 Å². The summed E-state index contributed by atoms with van der Waals surface area (Å²) in [4.78, 5) is 2.69. The number of benzene rings is 1. The first-order chi connectivity index (χ1) is 9.71. The van der Waals surface area contributed by atoms with Gasteiger partial charge >= 0.3 is 0 Å².